The van der Waals surface area contributed by atoms with Crippen molar-refractivity contribution < 1.29 is 22.3 Å². The molecule has 4 aromatic rings. The maximum atomic E-state index is 14.0. The number of rotatable bonds is 8. The van der Waals surface area contributed by atoms with Crippen LogP contribution in [0.25, 0.3) is 5.82 Å². The van der Waals surface area contributed by atoms with E-state index in [-0.39, 0.29) is 17.3 Å². The Kier molecular flexibility index (Phi) is 6.04. The molecule has 164 valence electrons. The highest BCUT2D eigenvalue weighted by atomic mass is 32.2. The van der Waals surface area contributed by atoms with Gasteiger partial charge >= 0.3 is 0 Å². The number of hydrogen-bond acceptors (Lipinski definition) is 6. The van der Waals surface area contributed by atoms with Gasteiger partial charge in [0, 0.05) is 24.1 Å². The quantitative estimate of drug-likeness (QED) is 0.424. The van der Waals surface area contributed by atoms with Gasteiger partial charge in [-0.25, -0.2) is 22.8 Å². The first-order chi connectivity index (χ1) is 15.4. The van der Waals surface area contributed by atoms with E-state index in [1.54, 1.807) is 25.1 Å². The highest BCUT2D eigenvalue weighted by Gasteiger charge is 2.17. The van der Waals surface area contributed by atoms with Crippen LogP contribution in [0, 0.1) is 5.82 Å². The Morgan fingerprint density at radius 3 is 2.47 bits per heavy atom. The second kappa shape index (κ2) is 9.06. The summed E-state index contributed by atoms with van der Waals surface area (Å²) in [7, 11) is -3.98. The fourth-order valence-corrected chi connectivity index (χ4v) is 3.93. The van der Waals surface area contributed by atoms with Gasteiger partial charge in [-0.15, -0.1) is 0 Å². The molecule has 10 heteroatoms. The van der Waals surface area contributed by atoms with E-state index in [0.29, 0.717) is 23.1 Å². The second-order valence-corrected chi connectivity index (χ2v) is 8.24. The number of halogens is 1. The van der Waals surface area contributed by atoms with Gasteiger partial charge in [0.2, 0.25) is 5.88 Å². The number of nitrogens with zero attached hydrogens (tertiary/aromatic N) is 3. The molecule has 0 amide bonds. The van der Waals surface area contributed by atoms with Gasteiger partial charge < -0.3 is 14.0 Å². The van der Waals surface area contributed by atoms with Crippen LogP contribution in [0.15, 0.2) is 84.3 Å². The van der Waals surface area contributed by atoms with Crippen LogP contribution < -0.4 is 14.2 Å². The molecule has 2 heterocycles. The maximum absolute atomic E-state index is 14.0. The lowest BCUT2D eigenvalue weighted by Gasteiger charge is -2.11. The topological polar surface area (TPSA) is 95.3 Å². The Hall–Kier alpha value is -3.92. The molecule has 0 aliphatic rings. The van der Waals surface area contributed by atoms with Crippen molar-refractivity contribution in [1.29, 1.82) is 0 Å². The summed E-state index contributed by atoms with van der Waals surface area (Å²) in [4.78, 5) is 8.07. The summed E-state index contributed by atoms with van der Waals surface area (Å²) in [6.45, 7) is 1.99. The summed E-state index contributed by atoms with van der Waals surface area (Å²) in [6.07, 6.45) is 5.09. The first kappa shape index (κ1) is 21.3. The van der Waals surface area contributed by atoms with Gasteiger partial charge in [-0.1, -0.05) is 0 Å². The van der Waals surface area contributed by atoms with Crippen LogP contribution in [0.5, 0.6) is 17.4 Å². The average Bonchev–Trinajstić information content (AvgIpc) is 3.32. The van der Waals surface area contributed by atoms with Crippen molar-refractivity contribution in [3.63, 3.8) is 0 Å². The van der Waals surface area contributed by atoms with E-state index in [0.717, 1.165) is 6.07 Å². The number of hydrogen-bond donors (Lipinski definition) is 1. The zero-order valence-electron chi connectivity index (χ0n) is 17.0. The van der Waals surface area contributed by atoms with E-state index >= 15 is 0 Å². The molecule has 0 radical (unpaired) electrons. The lowest BCUT2D eigenvalue weighted by Crippen LogP contribution is -2.13. The van der Waals surface area contributed by atoms with E-state index in [9.17, 15) is 12.8 Å². The SMILES string of the molecule is CCOc1ccc(S(=O)(=O)Nc2ccc(Oc3cc(-n4cccc4)ncn3)cc2)cc1F. The zero-order chi connectivity index (χ0) is 22.6. The third-order valence-electron chi connectivity index (χ3n) is 4.34. The van der Waals surface area contributed by atoms with E-state index in [4.69, 9.17) is 9.47 Å². The van der Waals surface area contributed by atoms with Gasteiger partial charge in [-0.3, -0.25) is 4.72 Å². The number of ether oxygens (including phenoxy) is 2. The molecule has 2 aromatic carbocycles. The second-order valence-electron chi connectivity index (χ2n) is 6.56. The molecule has 32 heavy (non-hydrogen) atoms. The Balaban J connectivity index is 1.46. The summed E-state index contributed by atoms with van der Waals surface area (Å²) in [5.74, 6) is 0.686. The number of sulfonamides is 1. The minimum absolute atomic E-state index is 0.00222. The standard InChI is InChI=1S/C22H19FN4O4S/c1-2-30-20-10-9-18(13-19(20)23)32(28,29)26-16-5-7-17(8-6-16)31-22-14-21(24-15-25-22)27-11-3-4-12-27/h3-15,26H,2H2,1H3. The molecule has 2 aromatic heterocycles. The molecule has 0 saturated heterocycles. The number of nitrogens with one attached hydrogen (secondary N) is 1. The van der Waals surface area contributed by atoms with Gasteiger partial charge in [-0.2, -0.15) is 0 Å². The number of anilines is 1. The highest BCUT2D eigenvalue weighted by molar-refractivity contribution is 7.92. The van der Waals surface area contributed by atoms with Crippen LogP contribution in [-0.2, 0) is 10.0 Å². The first-order valence-corrected chi connectivity index (χ1v) is 11.1. The molecule has 0 aliphatic carbocycles. The van der Waals surface area contributed by atoms with Crippen LogP contribution in [-0.4, -0.2) is 29.6 Å². The summed E-state index contributed by atoms with van der Waals surface area (Å²) in [6, 6.07) is 15.2. The molecule has 0 bridgehead atoms. The van der Waals surface area contributed by atoms with Gasteiger partial charge in [0.05, 0.1) is 11.5 Å². The number of aromatic nitrogens is 3. The predicted molar refractivity (Wildman–Crippen MR) is 116 cm³/mol. The summed E-state index contributed by atoms with van der Waals surface area (Å²) in [5, 5.41) is 0. The molecule has 1 N–H and O–H groups in total. The molecule has 8 nitrogen and oxygen atoms in total. The molecule has 0 saturated carbocycles. The van der Waals surface area contributed by atoms with Crippen molar-refractivity contribution in [2.45, 2.75) is 11.8 Å². The van der Waals surface area contributed by atoms with Crippen LogP contribution in [0.2, 0.25) is 0 Å². The van der Waals surface area contributed by atoms with Crippen LogP contribution in [0.3, 0.4) is 0 Å². The minimum atomic E-state index is -3.98. The van der Waals surface area contributed by atoms with Crippen molar-refractivity contribution in [3.05, 3.63) is 85.2 Å². The molecule has 0 unspecified atom stereocenters. The Morgan fingerprint density at radius 1 is 1.03 bits per heavy atom. The van der Waals surface area contributed by atoms with Gasteiger partial charge in [0.15, 0.2) is 11.6 Å². The molecule has 0 atom stereocenters. The molecule has 0 spiro atoms. The molecule has 4 rings (SSSR count). The monoisotopic (exact) mass is 454 g/mol. The van der Waals surface area contributed by atoms with E-state index in [1.807, 2.05) is 29.1 Å². The Labute approximate surface area is 184 Å². The largest absolute Gasteiger partial charge is 0.491 e. The van der Waals surface area contributed by atoms with Gasteiger partial charge in [0.25, 0.3) is 10.0 Å². The van der Waals surface area contributed by atoms with Gasteiger partial charge in [0.1, 0.15) is 17.9 Å². The lowest BCUT2D eigenvalue weighted by molar-refractivity contribution is 0.321. The summed E-state index contributed by atoms with van der Waals surface area (Å²) < 4.78 is 54.3. The van der Waals surface area contributed by atoms with Crippen molar-refractivity contribution in [2.24, 2.45) is 0 Å². The normalized spacial score (nSPS) is 11.2. The Bertz CT molecular complexity index is 1310. The number of benzene rings is 2. The lowest BCUT2D eigenvalue weighted by atomic mass is 10.3. The fraction of sp³-hybridized carbons (Fsp3) is 0.0909. The summed E-state index contributed by atoms with van der Waals surface area (Å²) in [5.41, 5.74) is 0.294. The van der Waals surface area contributed by atoms with Crippen LogP contribution >= 0.6 is 0 Å². The maximum Gasteiger partial charge on any atom is 0.262 e. The van der Waals surface area contributed by atoms with Crippen molar-refractivity contribution >= 4 is 15.7 Å². The first-order valence-electron chi connectivity index (χ1n) is 9.63. The molecule has 0 aliphatic heterocycles. The van der Waals surface area contributed by atoms with Gasteiger partial charge in [-0.05, 0) is 61.5 Å². The predicted octanol–water partition coefficient (Wildman–Crippen LogP) is 4.40. The fourth-order valence-electron chi connectivity index (χ4n) is 2.86. The third kappa shape index (κ3) is 4.86. The summed E-state index contributed by atoms with van der Waals surface area (Å²) >= 11 is 0. The van der Waals surface area contributed by atoms with Crippen molar-refractivity contribution in [3.8, 4) is 23.2 Å². The van der Waals surface area contributed by atoms with Crippen molar-refractivity contribution in [2.75, 3.05) is 11.3 Å². The Morgan fingerprint density at radius 2 is 1.78 bits per heavy atom. The minimum Gasteiger partial charge on any atom is -0.491 e. The third-order valence-corrected chi connectivity index (χ3v) is 5.72. The van der Waals surface area contributed by atoms with E-state index in [1.165, 1.54) is 30.6 Å². The molecule has 0 fully saturated rings. The van der Waals surface area contributed by atoms with Crippen molar-refractivity contribution in [1.82, 2.24) is 14.5 Å². The van der Waals surface area contributed by atoms with E-state index < -0.39 is 15.8 Å². The molecular weight excluding hydrogens is 435 g/mol. The zero-order valence-corrected chi connectivity index (χ0v) is 17.8. The molecular formula is C22H19FN4O4S. The average molecular weight is 454 g/mol. The van der Waals surface area contributed by atoms with Crippen LogP contribution in [0.4, 0.5) is 10.1 Å². The highest BCUT2D eigenvalue weighted by Crippen LogP contribution is 2.25. The van der Waals surface area contributed by atoms with Crippen LogP contribution in [0.1, 0.15) is 6.92 Å². The smallest absolute Gasteiger partial charge is 0.262 e. The van der Waals surface area contributed by atoms with E-state index in [2.05, 4.69) is 14.7 Å².